The van der Waals surface area contributed by atoms with Crippen LogP contribution < -0.4 is 4.90 Å². The van der Waals surface area contributed by atoms with Crippen molar-refractivity contribution in [2.45, 2.75) is 26.0 Å². The highest BCUT2D eigenvalue weighted by atomic mass is 16.3. The van der Waals surface area contributed by atoms with Gasteiger partial charge in [-0.25, -0.2) is 4.98 Å². The second-order valence-electron chi connectivity index (χ2n) is 5.54. The second kappa shape index (κ2) is 5.24. The van der Waals surface area contributed by atoms with Crippen molar-refractivity contribution >= 4 is 5.82 Å². The lowest BCUT2D eigenvalue weighted by molar-refractivity contribution is 0.199. The van der Waals surface area contributed by atoms with Gasteiger partial charge in [0, 0.05) is 25.3 Å². The molecule has 4 nitrogen and oxygen atoms in total. The van der Waals surface area contributed by atoms with E-state index in [0.29, 0.717) is 12.0 Å². The van der Waals surface area contributed by atoms with Crippen LogP contribution in [-0.4, -0.2) is 48.2 Å². The Morgan fingerprint density at radius 3 is 2.56 bits per heavy atom. The SMILES string of the molecule is CC1CN(c2ccc([C@@H](C)O)cn2)CC1N(C)C. The van der Waals surface area contributed by atoms with Crippen LogP contribution in [0.4, 0.5) is 5.82 Å². The molecule has 1 aromatic rings. The van der Waals surface area contributed by atoms with Crippen LogP contribution in [0.25, 0.3) is 0 Å². The van der Waals surface area contributed by atoms with Gasteiger partial charge in [0.25, 0.3) is 0 Å². The van der Waals surface area contributed by atoms with E-state index in [0.717, 1.165) is 24.5 Å². The van der Waals surface area contributed by atoms with Gasteiger partial charge < -0.3 is 14.9 Å². The van der Waals surface area contributed by atoms with E-state index in [4.69, 9.17) is 0 Å². The molecule has 2 heterocycles. The summed E-state index contributed by atoms with van der Waals surface area (Å²) in [5, 5.41) is 9.48. The number of likely N-dealkylation sites (N-methyl/N-ethyl adjacent to an activating group) is 1. The van der Waals surface area contributed by atoms with Crippen LogP contribution in [0.15, 0.2) is 18.3 Å². The fourth-order valence-corrected chi connectivity index (χ4v) is 2.64. The van der Waals surface area contributed by atoms with Gasteiger partial charge in [-0.3, -0.25) is 0 Å². The number of nitrogens with zero attached hydrogens (tertiary/aromatic N) is 3. The highest BCUT2D eigenvalue weighted by Crippen LogP contribution is 2.25. The number of rotatable bonds is 3. The molecular formula is C14H23N3O. The minimum atomic E-state index is -0.446. The summed E-state index contributed by atoms with van der Waals surface area (Å²) in [6, 6.07) is 4.55. The first-order chi connectivity index (χ1) is 8.49. The maximum Gasteiger partial charge on any atom is 0.128 e. The van der Waals surface area contributed by atoms with Crippen molar-refractivity contribution < 1.29 is 5.11 Å². The van der Waals surface area contributed by atoms with Gasteiger partial charge in [-0.1, -0.05) is 13.0 Å². The summed E-state index contributed by atoms with van der Waals surface area (Å²) in [6.45, 7) is 6.12. The molecule has 2 unspecified atom stereocenters. The van der Waals surface area contributed by atoms with E-state index in [1.807, 2.05) is 12.1 Å². The first-order valence-corrected chi connectivity index (χ1v) is 6.54. The molecular weight excluding hydrogens is 226 g/mol. The number of aliphatic hydroxyl groups excluding tert-OH is 1. The maximum absolute atomic E-state index is 9.48. The fraction of sp³-hybridized carbons (Fsp3) is 0.643. The van der Waals surface area contributed by atoms with E-state index in [1.165, 1.54) is 0 Å². The number of anilines is 1. The molecule has 0 bridgehead atoms. The van der Waals surface area contributed by atoms with Crippen molar-refractivity contribution in [2.24, 2.45) is 5.92 Å². The Balaban J connectivity index is 2.09. The molecule has 1 saturated heterocycles. The normalized spacial score (nSPS) is 25.8. The van der Waals surface area contributed by atoms with E-state index in [-0.39, 0.29) is 0 Å². The van der Waals surface area contributed by atoms with E-state index >= 15 is 0 Å². The number of aliphatic hydroxyl groups is 1. The molecule has 1 aromatic heterocycles. The molecule has 2 rings (SSSR count). The van der Waals surface area contributed by atoms with E-state index in [9.17, 15) is 5.11 Å². The van der Waals surface area contributed by atoms with Crippen LogP contribution in [0.1, 0.15) is 25.5 Å². The monoisotopic (exact) mass is 249 g/mol. The van der Waals surface area contributed by atoms with Crippen LogP contribution in [0.3, 0.4) is 0 Å². The lowest BCUT2D eigenvalue weighted by Gasteiger charge is -2.22. The Kier molecular flexibility index (Phi) is 3.88. The van der Waals surface area contributed by atoms with Gasteiger partial charge >= 0.3 is 0 Å². The molecule has 1 fully saturated rings. The average Bonchev–Trinajstić information content (AvgIpc) is 2.71. The summed E-state index contributed by atoms with van der Waals surface area (Å²) in [5.74, 6) is 1.66. The molecule has 0 aliphatic carbocycles. The second-order valence-corrected chi connectivity index (χ2v) is 5.54. The zero-order chi connectivity index (χ0) is 13.3. The third-order valence-electron chi connectivity index (χ3n) is 3.81. The third-order valence-corrected chi connectivity index (χ3v) is 3.81. The predicted molar refractivity (Wildman–Crippen MR) is 73.7 cm³/mol. The Bertz CT molecular complexity index is 389. The van der Waals surface area contributed by atoms with E-state index in [2.05, 4.69) is 35.8 Å². The van der Waals surface area contributed by atoms with Gasteiger partial charge in [-0.2, -0.15) is 0 Å². The molecule has 3 atom stereocenters. The predicted octanol–water partition coefficient (Wildman–Crippen LogP) is 1.52. The number of aromatic nitrogens is 1. The summed E-state index contributed by atoms with van der Waals surface area (Å²) in [5.41, 5.74) is 0.871. The van der Waals surface area contributed by atoms with E-state index < -0.39 is 6.10 Å². The molecule has 0 aromatic carbocycles. The summed E-state index contributed by atoms with van der Waals surface area (Å²) < 4.78 is 0. The maximum atomic E-state index is 9.48. The largest absolute Gasteiger partial charge is 0.389 e. The van der Waals surface area contributed by atoms with Crippen LogP contribution in [0.2, 0.25) is 0 Å². The molecule has 0 spiro atoms. The summed E-state index contributed by atoms with van der Waals surface area (Å²) in [6.07, 6.45) is 1.33. The first kappa shape index (κ1) is 13.3. The molecule has 18 heavy (non-hydrogen) atoms. The van der Waals surface area contributed by atoms with Crippen LogP contribution in [-0.2, 0) is 0 Å². The smallest absolute Gasteiger partial charge is 0.128 e. The molecule has 0 saturated carbocycles. The molecule has 0 radical (unpaired) electrons. The zero-order valence-corrected chi connectivity index (χ0v) is 11.7. The van der Waals surface area contributed by atoms with Gasteiger partial charge in [0.15, 0.2) is 0 Å². The number of pyridine rings is 1. The lowest BCUT2D eigenvalue weighted by atomic mass is 10.1. The Morgan fingerprint density at radius 1 is 1.39 bits per heavy atom. The van der Waals surface area contributed by atoms with Gasteiger partial charge in [-0.05, 0) is 38.6 Å². The zero-order valence-electron chi connectivity index (χ0n) is 11.7. The third kappa shape index (κ3) is 2.65. The Morgan fingerprint density at radius 2 is 2.11 bits per heavy atom. The van der Waals surface area contributed by atoms with Crippen molar-refractivity contribution in [2.75, 3.05) is 32.1 Å². The van der Waals surface area contributed by atoms with E-state index in [1.54, 1.807) is 13.1 Å². The lowest BCUT2D eigenvalue weighted by Crippen LogP contribution is -2.34. The highest BCUT2D eigenvalue weighted by Gasteiger charge is 2.31. The molecule has 0 amide bonds. The van der Waals surface area contributed by atoms with Crippen molar-refractivity contribution in [3.05, 3.63) is 23.9 Å². The van der Waals surface area contributed by atoms with Gasteiger partial charge in [0.05, 0.1) is 6.10 Å². The van der Waals surface area contributed by atoms with Crippen molar-refractivity contribution in [3.63, 3.8) is 0 Å². The standard InChI is InChI=1S/C14H23N3O/c1-10-8-17(9-13(10)16(3)4)14-6-5-12(7-15-14)11(2)18/h5-7,10-11,13,18H,8-9H2,1-4H3/t10?,11-,13?/m1/s1. The quantitative estimate of drug-likeness (QED) is 0.881. The van der Waals surface area contributed by atoms with Crippen LogP contribution in [0.5, 0.6) is 0 Å². The van der Waals surface area contributed by atoms with Gasteiger partial charge in [0.2, 0.25) is 0 Å². The van der Waals surface area contributed by atoms with Crippen molar-refractivity contribution in [3.8, 4) is 0 Å². The van der Waals surface area contributed by atoms with Crippen LogP contribution in [0, 0.1) is 5.92 Å². The van der Waals surface area contributed by atoms with Crippen LogP contribution >= 0.6 is 0 Å². The Hall–Kier alpha value is -1.13. The molecule has 100 valence electrons. The number of hydrogen-bond acceptors (Lipinski definition) is 4. The van der Waals surface area contributed by atoms with Gasteiger partial charge in [0.1, 0.15) is 5.82 Å². The summed E-state index contributed by atoms with van der Waals surface area (Å²) in [7, 11) is 4.27. The topological polar surface area (TPSA) is 39.6 Å². The molecule has 1 N–H and O–H groups in total. The molecule has 1 aliphatic heterocycles. The summed E-state index contributed by atoms with van der Waals surface area (Å²) >= 11 is 0. The minimum Gasteiger partial charge on any atom is -0.389 e. The molecule has 4 heteroatoms. The highest BCUT2D eigenvalue weighted by molar-refractivity contribution is 5.41. The fourth-order valence-electron chi connectivity index (χ4n) is 2.64. The molecule has 1 aliphatic rings. The van der Waals surface area contributed by atoms with Crippen molar-refractivity contribution in [1.82, 2.24) is 9.88 Å². The summed E-state index contributed by atoms with van der Waals surface area (Å²) in [4.78, 5) is 9.06. The minimum absolute atomic E-state index is 0.446. The average molecular weight is 249 g/mol. The number of hydrogen-bond donors (Lipinski definition) is 1. The van der Waals surface area contributed by atoms with Crippen molar-refractivity contribution in [1.29, 1.82) is 0 Å². The Labute approximate surface area is 109 Å². The first-order valence-electron chi connectivity index (χ1n) is 6.54. The van der Waals surface area contributed by atoms with Gasteiger partial charge in [-0.15, -0.1) is 0 Å².